The molecule has 0 aliphatic carbocycles. The second-order valence-electron chi connectivity index (χ2n) is 4.03. The van der Waals surface area contributed by atoms with Crippen LogP contribution in [0.15, 0.2) is 36.5 Å². The zero-order chi connectivity index (χ0) is 13.0. The minimum atomic E-state index is -0.0492. The van der Waals surface area contributed by atoms with Crippen LogP contribution in [0, 0.1) is 0 Å². The van der Waals surface area contributed by atoms with Gasteiger partial charge in [-0.25, -0.2) is 0 Å². The fourth-order valence-electron chi connectivity index (χ4n) is 1.72. The molecule has 0 fully saturated rings. The predicted molar refractivity (Wildman–Crippen MR) is 69.9 cm³/mol. The number of aromatic amines is 1. The summed E-state index contributed by atoms with van der Waals surface area (Å²) in [7, 11) is 0. The first-order valence-corrected chi connectivity index (χ1v) is 5.83. The summed E-state index contributed by atoms with van der Waals surface area (Å²) < 4.78 is 0. The number of anilines is 1. The standard InChI is InChI=1S/C13H16N4O/c1-2-17(13(18)12-7-8-15-16-12)9-10-3-5-11(14)6-4-10/h3-8H,2,9,14H2,1H3,(H,15,16). The molecule has 1 amide bonds. The third-order valence-electron chi connectivity index (χ3n) is 2.75. The van der Waals surface area contributed by atoms with Gasteiger partial charge in [-0.3, -0.25) is 9.89 Å². The Morgan fingerprint density at radius 3 is 2.61 bits per heavy atom. The smallest absolute Gasteiger partial charge is 0.272 e. The van der Waals surface area contributed by atoms with Crippen LogP contribution < -0.4 is 5.73 Å². The van der Waals surface area contributed by atoms with Crippen molar-refractivity contribution in [3.05, 3.63) is 47.8 Å². The van der Waals surface area contributed by atoms with Crippen molar-refractivity contribution < 1.29 is 4.79 Å². The van der Waals surface area contributed by atoms with Gasteiger partial charge in [-0.05, 0) is 30.7 Å². The highest BCUT2D eigenvalue weighted by Gasteiger charge is 2.15. The third kappa shape index (κ3) is 2.68. The van der Waals surface area contributed by atoms with Crippen molar-refractivity contribution in [2.24, 2.45) is 0 Å². The van der Waals surface area contributed by atoms with E-state index in [0.29, 0.717) is 18.8 Å². The van der Waals surface area contributed by atoms with Crippen LogP contribution in [0.5, 0.6) is 0 Å². The Bertz CT molecular complexity index is 504. The number of benzene rings is 1. The second-order valence-corrected chi connectivity index (χ2v) is 4.03. The van der Waals surface area contributed by atoms with E-state index in [1.807, 2.05) is 31.2 Å². The van der Waals surface area contributed by atoms with E-state index >= 15 is 0 Å². The van der Waals surface area contributed by atoms with E-state index in [1.54, 1.807) is 17.2 Å². The van der Waals surface area contributed by atoms with Crippen molar-refractivity contribution in [2.45, 2.75) is 13.5 Å². The van der Waals surface area contributed by atoms with Crippen LogP contribution in [0.2, 0.25) is 0 Å². The molecule has 0 aliphatic heterocycles. The molecule has 18 heavy (non-hydrogen) atoms. The molecular formula is C13H16N4O. The summed E-state index contributed by atoms with van der Waals surface area (Å²) in [6, 6.07) is 9.21. The lowest BCUT2D eigenvalue weighted by atomic mass is 10.2. The summed E-state index contributed by atoms with van der Waals surface area (Å²) >= 11 is 0. The van der Waals surface area contributed by atoms with Gasteiger partial charge in [0.1, 0.15) is 5.69 Å². The Morgan fingerprint density at radius 1 is 1.33 bits per heavy atom. The van der Waals surface area contributed by atoms with Gasteiger partial charge in [0.25, 0.3) is 5.91 Å². The third-order valence-corrected chi connectivity index (χ3v) is 2.75. The maximum absolute atomic E-state index is 12.1. The van der Waals surface area contributed by atoms with Crippen molar-refractivity contribution >= 4 is 11.6 Å². The Labute approximate surface area is 106 Å². The Kier molecular flexibility index (Phi) is 3.62. The number of H-pyrrole nitrogens is 1. The zero-order valence-electron chi connectivity index (χ0n) is 10.3. The molecule has 94 valence electrons. The van der Waals surface area contributed by atoms with Gasteiger partial charge in [0.15, 0.2) is 0 Å². The number of nitrogens with two attached hydrogens (primary N) is 1. The molecule has 0 aliphatic rings. The van der Waals surface area contributed by atoms with Crippen molar-refractivity contribution in [1.29, 1.82) is 0 Å². The maximum Gasteiger partial charge on any atom is 0.272 e. The minimum Gasteiger partial charge on any atom is -0.399 e. The number of carbonyl (C=O) groups is 1. The number of aromatic nitrogens is 2. The predicted octanol–water partition coefficient (Wildman–Crippen LogP) is 1.65. The van der Waals surface area contributed by atoms with Gasteiger partial charge >= 0.3 is 0 Å². The Hall–Kier alpha value is -2.30. The number of nitrogens with one attached hydrogen (secondary N) is 1. The summed E-state index contributed by atoms with van der Waals surface area (Å²) in [5, 5.41) is 6.47. The second kappa shape index (κ2) is 5.35. The van der Waals surface area contributed by atoms with Crippen molar-refractivity contribution in [3.63, 3.8) is 0 Å². The SMILES string of the molecule is CCN(Cc1ccc(N)cc1)C(=O)c1ccn[nH]1. The number of carbonyl (C=O) groups excluding carboxylic acids is 1. The molecule has 3 N–H and O–H groups in total. The van der Waals surface area contributed by atoms with Gasteiger partial charge in [-0.1, -0.05) is 12.1 Å². The number of rotatable bonds is 4. The molecule has 1 heterocycles. The number of amides is 1. The minimum absolute atomic E-state index is 0.0492. The number of hydrogen-bond acceptors (Lipinski definition) is 3. The lowest BCUT2D eigenvalue weighted by molar-refractivity contribution is 0.0746. The molecule has 0 unspecified atom stereocenters. The molecule has 0 saturated carbocycles. The van der Waals surface area contributed by atoms with Gasteiger partial charge < -0.3 is 10.6 Å². The van der Waals surface area contributed by atoms with Crippen LogP contribution >= 0.6 is 0 Å². The van der Waals surface area contributed by atoms with Crippen LogP contribution in [0.3, 0.4) is 0 Å². The molecule has 5 nitrogen and oxygen atoms in total. The van der Waals surface area contributed by atoms with Crippen LogP contribution in [0.4, 0.5) is 5.69 Å². The lowest BCUT2D eigenvalue weighted by Gasteiger charge is -2.20. The summed E-state index contributed by atoms with van der Waals surface area (Å²) in [5.41, 5.74) is 7.92. The highest BCUT2D eigenvalue weighted by molar-refractivity contribution is 5.92. The Morgan fingerprint density at radius 2 is 2.06 bits per heavy atom. The molecule has 2 rings (SSSR count). The van der Waals surface area contributed by atoms with Crippen LogP contribution in [0.1, 0.15) is 23.0 Å². The van der Waals surface area contributed by atoms with E-state index in [0.717, 1.165) is 11.3 Å². The van der Waals surface area contributed by atoms with E-state index in [9.17, 15) is 4.79 Å². The molecule has 0 saturated heterocycles. The quantitative estimate of drug-likeness (QED) is 0.803. The molecule has 0 radical (unpaired) electrons. The van der Waals surface area contributed by atoms with Crippen LogP contribution in [0.25, 0.3) is 0 Å². The largest absolute Gasteiger partial charge is 0.399 e. The van der Waals surface area contributed by atoms with Gasteiger partial charge in [0.05, 0.1) is 0 Å². The molecule has 1 aromatic heterocycles. The highest BCUT2D eigenvalue weighted by atomic mass is 16.2. The monoisotopic (exact) mass is 244 g/mol. The summed E-state index contributed by atoms with van der Waals surface area (Å²) in [6.07, 6.45) is 1.57. The number of nitrogens with zero attached hydrogens (tertiary/aromatic N) is 2. The fourth-order valence-corrected chi connectivity index (χ4v) is 1.72. The van der Waals surface area contributed by atoms with E-state index in [2.05, 4.69) is 10.2 Å². The molecule has 0 bridgehead atoms. The van der Waals surface area contributed by atoms with Gasteiger partial charge in [0, 0.05) is 25.0 Å². The topological polar surface area (TPSA) is 75.0 Å². The van der Waals surface area contributed by atoms with E-state index in [4.69, 9.17) is 5.73 Å². The first-order chi connectivity index (χ1) is 8.70. The van der Waals surface area contributed by atoms with E-state index in [1.165, 1.54) is 0 Å². The molecule has 0 atom stereocenters. The maximum atomic E-state index is 12.1. The number of hydrogen-bond donors (Lipinski definition) is 2. The molecule has 2 aromatic rings. The summed E-state index contributed by atoms with van der Waals surface area (Å²) in [5.74, 6) is -0.0492. The first kappa shape index (κ1) is 12.2. The normalized spacial score (nSPS) is 10.3. The van der Waals surface area contributed by atoms with Gasteiger partial charge in [0.2, 0.25) is 0 Å². The summed E-state index contributed by atoms with van der Waals surface area (Å²) in [4.78, 5) is 13.9. The number of nitrogen functional groups attached to an aromatic ring is 1. The zero-order valence-corrected chi connectivity index (χ0v) is 10.3. The van der Waals surface area contributed by atoms with E-state index in [-0.39, 0.29) is 5.91 Å². The van der Waals surface area contributed by atoms with Crippen LogP contribution in [-0.2, 0) is 6.54 Å². The van der Waals surface area contributed by atoms with E-state index < -0.39 is 0 Å². The lowest BCUT2D eigenvalue weighted by Crippen LogP contribution is -2.30. The molecule has 0 spiro atoms. The molecular weight excluding hydrogens is 228 g/mol. The Balaban J connectivity index is 2.10. The molecule has 5 heteroatoms. The fraction of sp³-hybridized carbons (Fsp3) is 0.231. The van der Waals surface area contributed by atoms with Crippen molar-refractivity contribution in [2.75, 3.05) is 12.3 Å². The first-order valence-electron chi connectivity index (χ1n) is 5.83. The van der Waals surface area contributed by atoms with Crippen LogP contribution in [-0.4, -0.2) is 27.5 Å². The van der Waals surface area contributed by atoms with Crippen molar-refractivity contribution in [1.82, 2.24) is 15.1 Å². The average Bonchev–Trinajstić information content (AvgIpc) is 2.91. The molecule has 1 aromatic carbocycles. The summed E-state index contributed by atoms with van der Waals surface area (Å²) in [6.45, 7) is 3.16. The average molecular weight is 244 g/mol. The van der Waals surface area contributed by atoms with Gasteiger partial charge in [-0.2, -0.15) is 5.10 Å². The van der Waals surface area contributed by atoms with Crippen molar-refractivity contribution in [3.8, 4) is 0 Å². The van der Waals surface area contributed by atoms with Gasteiger partial charge in [-0.15, -0.1) is 0 Å². The highest BCUT2D eigenvalue weighted by Crippen LogP contribution is 2.10.